The summed E-state index contributed by atoms with van der Waals surface area (Å²) < 4.78 is 29.4. The minimum absolute atomic E-state index is 0.360. The molecule has 2 heterocycles. The lowest BCUT2D eigenvalue weighted by Crippen LogP contribution is -2.48. The Bertz CT molecular complexity index is 860. The molecule has 3 N–H and O–H groups in total. The van der Waals surface area contributed by atoms with Crippen molar-refractivity contribution in [2.45, 2.75) is 19.8 Å². The summed E-state index contributed by atoms with van der Waals surface area (Å²) in [4.78, 5) is 11.5. The molecule has 1 aromatic heterocycles. The predicted octanol–water partition coefficient (Wildman–Crippen LogP) is 0.820. The first-order valence-electron chi connectivity index (χ1n) is 8.26. The van der Waals surface area contributed by atoms with Crippen molar-refractivity contribution >= 4 is 26.9 Å². The molecule has 0 unspecified atom stereocenters. The number of nitrogens with zero attached hydrogens (tertiary/aromatic N) is 3. The van der Waals surface area contributed by atoms with E-state index < -0.39 is 10.2 Å². The van der Waals surface area contributed by atoms with E-state index in [1.54, 1.807) is 7.11 Å². The predicted molar refractivity (Wildman–Crippen MR) is 96.9 cm³/mol. The van der Waals surface area contributed by atoms with Crippen molar-refractivity contribution < 1.29 is 13.2 Å². The third kappa shape index (κ3) is 4.17. The van der Waals surface area contributed by atoms with Crippen LogP contribution in [0, 0.1) is 5.92 Å². The molecule has 0 amide bonds. The normalized spacial score (nSPS) is 15.4. The Balaban J connectivity index is 1.74. The lowest BCUT2D eigenvalue weighted by Gasteiger charge is -2.40. The number of hydrogen-bond donors (Lipinski definition) is 2. The molecule has 0 spiro atoms. The van der Waals surface area contributed by atoms with E-state index in [-0.39, 0.29) is 0 Å². The molecule has 25 heavy (non-hydrogen) atoms. The average Bonchev–Trinajstić information content (AvgIpc) is 2.54. The molecular weight excluding hydrogens is 342 g/mol. The lowest BCUT2D eigenvalue weighted by molar-refractivity contribution is 0.382. The molecule has 3 rings (SSSR count). The van der Waals surface area contributed by atoms with Gasteiger partial charge in [-0.25, -0.2) is 19.8 Å². The van der Waals surface area contributed by atoms with E-state index in [2.05, 4.69) is 14.6 Å². The van der Waals surface area contributed by atoms with Crippen molar-refractivity contribution in [3.05, 3.63) is 24.0 Å². The Morgan fingerprint density at radius 3 is 2.76 bits per heavy atom. The van der Waals surface area contributed by atoms with Crippen LogP contribution < -0.4 is 19.5 Å². The van der Waals surface area contributed by atoms with Gasteiger partial charge in [-0.1, -0.05) is 6.92 Å². The van der Waals surface area contributed by atoms with Gasteiger partial charge in [-0.15, -0.1) is 0 Å². The maximum absolute atomic E-state index is 10.9. The highest BCUT2D eigenvalue weighted by Gasteiger charge is 2.29. The zero-order valence-electron chi connectivity index (χ0n) is 14.4. The Labute approximate surface area is 147 Å². The van der Waals surface area contributed by atoms with Crippen LogP contribution in [-0.4, -0.2) is 45.1 Å². The summed E-state index contributed by atoms with van der Waals surface area (Å²) in [7, 11) is -1.97. The SMILES string of the molecule is CCc1nc(N2CC(CCNS(N)(=O)=O)C2)c2ccc(OC)cc2n1. The van der Waals surface area contributed by atoms with Crippen LogP contribution in [0.3, 0.4) is 0 Å². The third-order valence-corrected chi connectivity index (χ3v) is 4.97. The van der Waals surface area contributed by atoms with Gasteiger partial charge in [-0.3, -0.25) is 0 Å². The van der Waals surface area contributed by atoms with Gasteiger partial charge in [-0.05, 0) is 24.5 Å². The number of benzene rings is 1. The topological polar surface area (TPSA) is 110 Å². The van der Waals surface area contributed by atoms with Gasteiger partial charge in [0, 0.05) is 37.5 Å². The van der Waals surface area contributed by atoms with Gasteiger partial charge in [0.2, 0.25) is 0 Å². The Hall–Kier alpha value is -1.97. The van der Waals surface area contributed by atoms with E-state index in [9.17, 15) is 8.42 Å². The zero-order valence-corrected chi connectivity index (χ0v) is 15.2. The summed E-state index contributed by atoms with van der Waals surface area (Å²) >= 11 is 0. The highest BCUT2D eigenvalue weighted by Crippen LogP contribution is 2.32. The zero-order chi connectivity index (χ0) is 18.0. The highest BCUT2D eigenvalue weighted by molar-refractivity contribution is 7.87. The molecule has 1 fully saturated rings. The van der Waals surface area contributed by atoms with Crippen molar-refractivity contribution in [1.29, 1.82) is 0 Å². The first kappa shape index (κ1) is 17.8. The molecule has 1 saturated heterocycles. The van der Waals surface area contributed by atoms with Gasteiger partial charge in [0.05, 0.1) is 12.6 Å². The minimum Gasteiger partial charge on any atom is -0.497 e. The minimum atomic E-state index is -3.61. The number of hydrogen-bond acceptors (Lipinski definition) is 6. The quantitative estimate of drug-likeness (QED) is 0.752. The largest absolute Gasteiger partial charge is 0.497 e. The van der Waals surface area contributed by atoms with E-state index in [4.69, 9.17) is 14.9 Å². The van der Waals surface area contributed by atoms with Crippen LogP contribution in [0.2, 0.25) is 0 Å². The van der Waals surface area contributed by atoms with E-state index in [1.807, 2.05) is 25.1 Å². The second-order valence-corrected chi connectivity index (χ2v) is 7.58. The molecule has 1 aliphatic rings. The van der Waals surface area contributed by atoms with Crippen molar-refractivity contribution in [3.8, 4) is 5.75 Å². The van der Waals surface area contributed by atoms with Gasteiger partial charge in [0.25, 0.3) is 10.2 Å². The van der Waals surface area contributed by atoms with E-state index in [0.29, 0.717) is 12.5 Å². The molecule has 8 nitrogen and oxygen atoms in total. The highest BCUT2D eigenvalue weighted by atomic mass is 32.2. The average molecular weight is 365 g/mol. The summed E-state index contributed by atoms with van der Waals surface area (Å²) in [6, 6.07) is 5.82. The van der Waals surface area contributed by atoms with Gasteiger partial charge >= 0.3 is 0 Å². The number of aromatic nitrogens is 2. The fraction of sp³-hybridized carbons (Fsp3) is 0.500. The number of fused-ring (bicyclic) bond motifs is 1. The van der Waals surface area contributed by atoms with Gasteiger partial charge in [-0.2, -0.15) is 8.42 Å². The molecule has 0 bridgehead atoms. The maximum Gasteiger partial charge on any atom is 0.274 e. The number of aryl methyl sites for hydroxylation is 1. The molecule has 2 aromatic rings. The molecule has 9 heteroatoms. The van der Waals surface area contributed by atoms with Crippen molar-refractivity contribution in [3.63, 3.8) is 0 Å². The van der Waals surface area contributed by atoms with Crippen LogP contribution in [-0.2, 0) is 16.6 Å². The molecule has 1 aromatic carbocycles. The van der Waals surface area contributed by atoms with Gasteiger partial charge in [0.1, 0.15) is 17.4 Å². The number of nitrogens with one attached hydrogen (secondary N) is 1. The molecule has 0 saturated carbocycles. The fourth-order valence-corrected chi connectivity index (χ4v) is 3.40. The number of methoxy groups -OCH3 is 1. The summed E-state index contributed by atoms with van der Waals surface area (Å²) in [6.07, 6.45) is 1.51. The molecular formula is C16H23N5O3S. The van der Waals surface area contributed by atoms with Gasteiger partial charge < -0.3 is 9.64 Å². The Morgan fingerprint density at radius 2 is 2.12 bits per heavy atom. The molecule has 0 atom stereocenters. The van der Waals surface area contributed by atoms with Crippen LogP contribution in [0.4, 0.5) is 5.82 Å². The second-order valence-electron chi connectivity index (χ2n) is 6.20. The molecule has 136 valence electrons. The molecule has 1 aliphatic heterocycles. The van der Waals surface area contributed by atoms with E-state index in [1.165, 1.54) is 0 Å². The number of rotatable bonds is 7. The second kappa shape index (κ2) is 7.11. The number of anilines is 1. The standard InChI is InChI=1S/C16H23N5O3S/c1-3-15-19-14-8-12(24-2)4-5-13(14)16(20-15)21-9-11(10-21)6-7-18-25(17,22)23/h4-5,8,11,18H,3,6-7,9-10H2,1-2H3,(H2,17,22,23). The number of nitrogens with two attached hydrogens (primary N) is 1. The van der Waals surface area contributed by atoms with Crippen molar-refractivity contribution in [1.82, 2.24) is 14.7 Å². The van der Waals surface area contributed by atoms with Crippen LogP contribution in [0.5, 0.6) is 5.75 Å². The van der Waals surface area contributed by atoms with Crippen LogP contribution >= 0.6 is 0 Å². The Morgan fingerprint density at radius 1 is 1.36 bits per heavy atom. The number of ether oxygens (including phenoxy) is 1. The fourth-order valence-electron chi connectivity index (χ4n) is 3.00. The maximum atomic E-state index is 10.9. The van der Waals surface area contributed by atoms with Gasteiger partial charge in [0.15, 0.2) is 0 Å². The smallest absolute Gasteiger partial charge is 0.274 e. The Kier molecular flexibility index (Phi) is 5.07. The first-order chi connectivity index (χ1) is 11.9. The summed E-state index contributed by atoms with van der Waals surface area (Å²) in [6.45, 7) is 4.07. The van der Waals surface area contributed by atoms with Crippen molar-refractivity contribution in [2.75, 3.05) is 31.6 Å². The first-order valence-corrected chi connectivity index (χ1v) is 9.81. The van der Waals surface area contributed by atoms with Crippen LogP contribution in [0.25, 0.3) is 10.9 Å². The monoisotopic (exact) mass is 365 g/mol. The van der Waals surface area contributed by atoms with E-state index >= 15 is 0 Å². The van der Waals surface area contributed by atoms with Crippen LogP contribution in [0.15, 0.2) is 18.2 Å². The van der Waals surface area contributed by atoms with Crippen molar-refractivity contribution in [2.24, 2.45) is 11.1 Å². The molecule has 0 radical (unpaired) electrons. The summed E-state index contributed by atoms with van der Waals surface area (Å²) in [5, 5.41) is 5.94. The van der Waals surface area contributed by atoms with E-state index in [0.717, 1.165) is 54.2 Å². The van der Waals surface area contributed by atoms with Crippen LogP contribution in [0.1, 0.15) is 19.2 Å². The molecule has 0 aliphatic carbocycles. The lowest BCUT2D eigenvalue weighted by atomic mass is 9.96. The summed E-state index contributed by atoms with van der Waals surface area (Å²) in [5.74, 6) is 2.92. The summed E-state index contributed by atoms with van der Waals surface area (Å²) in [5.41, 5.74) is 0.876. The third-order valence-electron chi connectivity index (χ3n) is 4.36.